The van der Waals surface area contributed by atoms with Gasteiger partial charge in [0.2, 0.25) is 0 Å². The van der Waals surface area contributed by atoms with E-state index in [1.54, 1.807) is 7.11 Å². The molecule has 0 bridgehead atoms. The number of aryl methyl sites for hydroxylation is 2. The lowest BCUT2D eigenvalue weighted by atomic mass is 10.0. The van der Waals surface area contributed by atoms with Crippen LogP contribution in [0.3, 0.4) is 0 Å². The molecule has 56 heavy (non-hydrogen) atoms. The SMILES string of the molecule is COc1ccc(N(c2ccc(CCc3ccc(N(c4ccc(C=O)cc4)c4ccc(-c5ccccc5)cc4)cc3)cc2)c2ccc(-c3ccccc3)cc2)cc1. The van der Waals surface area contributed by atoms with Crippen molar-refractivity contribution < 1.29 is 9.53 Å². The molecule has 0 aromatic heterocycles. The summed E-state index contributed by atoms with van der Waals surface area (Å²) in [4.78, 5) is 15.9. The van der Waals surface area contributed by atoms with E-state index in [2.05, 4.69) is 168 Å². The Morgan fingerprint density at radius 3 is 1.02 bits per heavy atom. The van der Waals surface area contributed by atoms with Crippen LogP contribution in [0.5, 0.6) is 5.75 Å². The number of carbonyl (C=O) groups is 1. The summed E-state index contributed by atoms with van der Waals surface area (Å²) in [6.45, 7) is 0. The van der Waals surface area contributed by atoms with E-state index in [1.807, 2.05) is 48.5 Å². The number of methoxy groups -OCH3 is 1. The Morgan fingerprint density at radius 2 is 0.679 bits per heavy atom. The minimum Gasteiger partial charge on any atom is -0.497 e. The molecule has 8 aromatic rings. The van der Waals surface area contributed by atoms with Crippen molar-refractivity contribution in [2.24, 2.45) is 0 Å². The normalized spacial score (nSPS) is 10.8. The van der Waals surface area contributed by atoms with Gasteiger partial charge in [0.25, 0.3) is 0 Å². The molecule has 8 aromatic carbocycles. The Morgan fingerprint density at radius 1 is 0.375 bits per heavy atom. The highest BCUT2D eigenvalue weighted by Gasteiger charge is 2.15. The minimum atomic E-state index is 0.655. The number of ether oxygens (including phenoxy) is 1. The lowest BCUT2D eigenvalue weighted by molar-refractivity contribution is 0.112. The van der Waals surface area contributed by atoms with Gasteiger partial charge in [0, 0.05) is 39.7 Å². The van der Waals surface area contributed by atoms with Crippen molar-refractivity contribution >= 4 is 40.4 Å². The standard InChI is InChI=1S/C52H42N2O2/c1-56-52-36-34-51(35-37-52)54(50-32-22-45(23-33-50)43-10-6-3-7-11-43)47-26-16-40(17-27-47)13-12-39-14-24-46(25-15-39)53(48-28-18-41(38-55)19-29-48)49-30-20-44(21-31-49)42-8-4-2-5-9-42/h2-11,14-38H,12-13H2,1H3. The molecule has 4 nitrogen and oxygen atoms in total. The van der Waals surface area contributed by atoms with E-state index in [0.29, 0.717) is 5.56 Å². The van der Waals surface area contributed by atoms with Crippen molar-refractivity contribution in [1.82, 2.24) is 0 Å². The van der Waals surface area contributed by atoms with E-state index in [9.17, 15) is 4.79 Å². The van der Waals surface area contributed by atoms with E-state index < -0.39 is 0 Å². The van der Waals surface area contributed by atoms with Crippen LogP contribution in [0.15, 0.2) is 206 Å². The highest BCUT2D eigenvalue weighted by molar-refractivity contribution is 5.82. The molecule has 0 aliphatic carbocycles. The van der Waals surface area contributed by atoms with Gasteiger partial charge >= 0.3 is 0 Å². The van der Waals surface area contributed by atoms with Crippen LogP contribution in [-0.2, 0) is 12.8 Å². The zero-order chi connectivity index (χ0) is 38.1. The summed E-state index contributed by atoms with van der Waals surface area (Å²) in [5, 5.41) is 0. The largest absolute Gasteiger partial charge is 0.497 e. The van der Waals surface area contributed by atoms with Crippen molar-refractivity contribution in [3.05, 3.63) is 223 Å². The summed E-state index contributed by atoms with van der Waals surface area (Å²) in [5.41, 5.74) is 14.3. The Bertz CT molecular complexity index is 2460. The van der Waals surface area contributed by atoms with Gasteiger partial charge in [0.05, 0.1) is 7.11 Å². The second-order valence-corrected chi connectivity index (χ2v) is 13.7. The van der Waals surface area contributed by atoms with Crippen molar-refractivity contribution in [3.8, 4) is 28.0 Å². The second-order valence-electron chi connectivity index (χ2n) is 13.7. The van der Waals surface area contributed by atoms with Crippen LogP contribution in [0, 0.1) is 0 Å². The van der Waals surface area contributed by atoms with Crippen LogP contribution >= 0.6 is 0 Å². The van der Waals surface area contributed by atoms with Gasteiger partial charge < -0.3 is 14.5 Å². The Labute approximate surface area is 329 Å². The maximum absolute atomic E-state index is 11.4. The lowest BCUT2D eigenvalue weighted by Gasteiger charge is -2.26. The van der Waals surface area contributed by atoms with Gasteiger partial charge in [-0.3, -0.25) is 4.79 Å². The summed E-state index contributed by atoms with van der Waals surface area (Å²) in [5.74, 6) is 0.829. The molecule has 0 aliphatic rings. The molecule has 0 aliphatic heterocycles. The molecular weight excluding hydrogens is 685 g/mol. The van der Waals surface area contributed by atoms with E-state index in [4.69, 9.17) is 4.74 Å². The van der Waals surface area contributed by atoms with Gasteiger partial charge in [-0.15, -0.1) is 0 Å². The van der Waals surface area contributed by atoms with Crippen molar-refractivity contribution in [2.45, 2.75) is 12.8 Å². The number of hydrogen-bond donors (Lipinski definition) is 0. The van der Waals surface area contributed by atoms with E-state index in [0.717, 1.165) is 59.0 Å². The minimum absolute atomic E-state index is 0.655. The van der Waals surface area contributed by atoms with Crippen molar-refractivity contribution in [2.75, 3.05) is 16.9 Å². The molecule has 0 spiro atoms. The summed E-state index contributed by atoms with van der Waals surface area (Å²) in [6.07, 6.45) is 2.72. The third-order valence-corrected chi connectivity index (χ3v) is 10.2. The summed E-state index contributed by atoms with van der Waals surface area (Å²) >= 11 is 0. The number of nitrogens with zero attached hydrogens (tertiary/aromatic N) is 2. The lowest BCUT2D eigenvalue weighted by Crippen LogP contribution is -2.10. The zero-order valence-corrected chi connectivity index (χ0v) is 31.3. The molecular formula is C52H42N2O2. The van der Waals surface area contributed by atoms with Gasteiger partial charge in [-0.25, -0.2) is 0 Å². The smallest absolute Gasteiger partial charge is 0.150 e. The summed E-state index contributed by atoms with van der Waals surface area (Å²) in [7, 11) is 1.69. The first-order chi connectivity index (χ1) is 27.6. The Kier molecular flexibility index (Phi) is 10.8. The average molecular weight is 727 g/mol. The van der Waals surface area contributed by atoms with Crippen LogP contribution in [0.25, 0.3) is 22.3 Å². The average Bonchev–Trinajstić information content (AvgIpc) is 3.28. The number of aldehydes is 1. The fourth-order valence-electron chi connectivity index (χ4n) is 7.11. The van der Waals surface area contributed by atoms with Crippen molar-refractivity contribution in [1.29, 1.82) is 0 Å². The number of hydrogen-bond acceptors (Lipinski definition) is 4. The van der Waals surface area contributed by atoms with Crippen LogP contribution in [0.2, 0.25) is 0 Å². The van der Waals surface area contributed by atoms with Gasteiger partial charge in [-0.1, -0.05) is 109 Å². The maximum Gasteiger partial charge on any atom is 0.150 e. The third-order valence-electron chi connectivity index (χ3n) is 10.2. The number of rotatable bonds is 13. The molecule has 0 radical (unpaired) electrons. The fraction of sp³-hybridized carbons (Fsp3) is 0.0577. The summed E-state index contributed by atoms with van der Waals surface area (Å²) in [6, 6.07) is 71.9. The van der Waals surface area contributed by atoms with E-state index >= 15 is 0 Å². The molecule has 0 unspecified atom stereocenters. The van der Waals surface area contributed by atoms with Crippen molar-refractivity contribution in [3.63, 3.8) is 0 Å². The predicted octanol–water partition coefficient (Wildman–Crippen LogP) is 13.6. The zero-order valence-electron chi connectivity index (χ0n) is 31.3. The third kappa shape index (κ3) is 8.15. The molecule has 0 saturated heterocycles. The van der Waals surface area contributed by atoms with Crippen LogP contribution in [-0.4, -0.2) is 13.4 Å². The monoisotopic (exact) mass is 726 g/mol. The van der Waals surface area contributed by atoms with Crippen LogP contribution < -0.4 is 14.5 Å². The molecule has 0 N–H and O–H groups in total. The first kappa shape index (κ1) is 35.8. The quantitative estimate of drug-likeness (QED) is 0.111. The highest BCUT2D eigenvalue weighted by atomic mass is 16.5. The molecule has 0 amide bonds. The first-order valence-electron chi connectivity index (χ1n) is 18.9. The Balaban J connectivity index is 0.999. The van der Waals surface area contributed by atoms with Gasteiger partial charge in [-0.05, 0) is 143 Å². The van der Waals surface area contributed by atoms with Gasteiger partial charge in [0.1, 0.15) is 12.0 Å². The molecule has 0 heterocycles. The molecule has 0 atom stereocenters. The first-order valence-corrected chi connectivity index (χ1v) is 18.9. The van der Waals surface area contributed by atoms with Crippen LogP contribution in [0.4, 0.5) is 34.1 Å². The van der Waals surface area contributed by atoms with Gasteiger partial charge in [-0.2, -0.15) is 0 Å². The molecule has 272 valence electrons. The van der Waals surface area contributed by atoms with Gasteiger partial charge in [0.15, 0.2) is 0 Å². The molecule has 0 saturated carbocycles. The fourth-order valence-corrected chi connectivity index (χ4v) is 7.11. The summed E-state index contributed by atoms with van der Waals surface area (Å²) < 4.78 is 5.46. The topological polar surface area (TPSA) is 32.8 Å². The predicted molar refractivity (Wildman–Crippen MR) is 232 cm³/mol. The highest BCUT2D eigenvalue weighted by Crippen LogP contribution is 2.38. The number of carbonyl (C=O) groups excluding carboxylic acids is 1. The number of benzene rings is 8. The molecule has 8 rings (SSSR count). The van der Waals surface area contributed by atoms with E-state index in [-0.39, 0.29) is 0 Å². The molecule has 4 heteroatoms. The van der Waals surface area contributed by atoms with E-state index in [1.165, 1.54) is 33.4 Å². The Hall–Kier alpha value is -7.17. The van der Waals surface area contributed by atoms with Crippen LogP contribution in [0.1, 0.15) is 21.5 Å². The maximum atomic E-state index is 11.4. The number of anilines is 6. The second kappa shape index (κ2) is 16.9. The molecule has 0 fully saturated rings.